The van der Waals surface area contributed by atoms with Crippen molar-refractivity contribution in [2.45, 2.75) is 19.8 Å². The first-order valence-corrected chi connectivity index (χ1v) is 8.29. The summed E-state index contributed by atoms with van der Waals surface area (Å²) < 4.78 is 49.9. The lowest BCUT2D eigenvalue weighted by molar-refractivity contribution is -0.116. The monoisotopic (exact) mass is 320 g/mol. The van der Waals surface area contributed by atoms with Gasteiger partial charge >= 0.3 is 0 Å². The van der Waals surface area contributed by atoms with Crippen LogP contribution in [0.25, 0.3) is 0 Å². The van der Waals surface area contributed by atoms with E-state index in [0.717, 1.165) is 18.4 Å². The van der Waals surface area contributed by atoms with Crippen LogP contribution in [0.3, 0.4) is 0 Å². The predicted octanol–water partition coefficient (Wildman–Crippen LogP) is 1.96. The summed E-state index contributed by atoms with van der Waals surface area (Å²) in [5, 5.41) is 2.39. The highest BCUT2D eigenvalue weighted by Gasteiger charge is 2.16. The highest BCUT2D eigenvalue weighted by atomic mass is 32.2. The minimum absolute atomic E-state index is 0.0438. The quantitative estimate of drug-likeness (QED) is 0.835. The Morgan fingerprint density at radius 1 is 1.24 bits per heavy atom. The fraction of sp³-hybridized carbons (Fsp3) is 0.462. The number of sulfonamides is 1. The van der Waals surface area contributed by atoms with Crippen molar-refractivity contribution >= 4 is 21.6 Å². The number of carbonyl (C=O) groups excluding carboxylic acids is 1. The predicted molar refractivity (Wildman–Crippen MR) is 76.3 cm³/mol. The van der Waals surface area contributed by atoms with Crippen LogP contribution < -0.4 is 5.32 Å². The van der Waals surface area contributed by atoms with E-state index >= 15 is 0 Å². The van der Waals surface area contributed by atoms with Crippen molar-refractivity contribution < 1.29 is 22.0 Å². The largest absolute Gasteiger partial charge is 0.326 e. The summed E-state index contributed by atoms with van der Waals surface area (Å²) in [5.41, 5.74) is 0.125. The normalized spacial score (nSPS) is 11.7. The van der Waals surface area contributed by atoms with E-state index in [9.17, 15) is 22.0 Å². The Hall–Kier alpha value is -1.54. The van der Waals surface area contributed by atoms with Gasteiger partial charge in [-0.3, -0.25) is 4.79 Å². The SMILES string of the molecule is CCCN(CCC(=O)Nc1ccc(F)c(F)c1)S(C)(=O)=O. The molecule has 0 unspecified atom stereocenters. The van der Waals surface area contributed by atoms with E-state index in [4.69, 9.17) is 0 Å². The Kier molecular flexibility index (Phi) is 6.22. The molecule has 1 amide bonds. The highest BCUT2D eigenvalue weighted by molar-refractivity contribution is 7.88. The summed E-state index contributed by atoms with van der Waals surface area (Å²) in [7, 11) is -3.36. The second-order valence-electron chi connectivity index (χ2n) is 4.59. The molecular weight excluding hydrogens is 302 g/mol. The fourth-order valence-corrected chi connectivity index (χ4v) is 2.65. The third-order valence-electron chi connectivity index (χ3n) is 2.73. The molecule has 1 aromatic rings. The van der Waals surface area contributed by atoms with Gasteiger partial charge in [-0.05, 0) is 18.6 Å². The molecule has 0 aliphatic rings. The van der Waals surface area contributed by atoms with Crippen molar-refractivity contribution in [3.05, 3.63) is 29.8 Å². The van der Waals surface area contributed by atoms with Gasteiger partial charge in [0.15, 0.2) is 11.6 Å². The van der Waals surface area contributed by atoms with Gasteiger partial charge in [0.2, 0.25) is 15.9 Å². The molecule has 0 heterocycles. The lowest BCUT2D eigenvalue weighted by atomic mass is 10.3. The van der Waals surface area contributed by atoms with Crippen LogP contribution in [0, 0.1) is 11.6 Å². The summed E-state index contributed by atoms with van der Waals surface area (Å²) in [6.07, 6.45) is 1.65. The summed E-state index contributed by atoms with van der Waals surface area (Å²) in [6.45, 7) is 2.21. The zero-order valence-electron chi connectivity index (χ0n) is 11.9. The Labute approximate surface area is 123 Å². The Morgan fingerprint density at radius 2 is 1.90 bits per heavy atom. The van der Waals surface area contributed by atoms with Crippen molar-refractivity contribution in [3.63, 3.8) is 0 Å². The van der Waals surface area contributed by atoms with Gasteiger partial charge < -0.3 is 5.32 Å². The molecule has 1 aromatic carbocycles. The molecule has 1 N–H and O–H groups in total. The maximum atomic E-state index is 13.0. The highest BCUT2D eigenvalue weighted by Crippen LogP contribution is 2.13. The van der Waals surface area contributed by atoms with E-state index in [0.29, 0.717) is 13.0 Å². The first-order valence-electron chi connectivity index (χ1n) is 6.44. The third-order valence-corrected chi connectivity index (χ3v) is 4.04. The van der Waals surface area contributed by atoms with Gasteiger partial charge in [-0.1, -0.05) is 6.92 Å². The molecule has 8 heteroatoms. The van der Waals surface area contributed by atoms with Gasteiger partial charge in [-0.25, -0.2) is 21.5 Å². The number of anilines is 1. The van der Waals surface area contributed by atoms with Crippen LogP contribution in [0.1, 0.15) is 19.8 Å². The minimum Gasteiger partial charge on any atom is -0.326 e. The molecule has 0 aliphatic heterocycles. The van der Waals surface area contributed by atoms with Gasteiger partial charge in [-0.15, -0.1) is 0 Å². The van der Waals surface area contributed by atoms with E-state index in [1.165, 1.54) is 10.4 Å². The fourth-order valence-electron chi connectivity index (χ4n) is 1.72. The van der Waals surface area contributed by atoms with Crippen LogP contribution in [0.4, 0.5) is 14.5 Å². The first kappa shape index (κ1) is 17.5. The molecule has 0 saturated heterocycles. The molecule has 0 bridgehead atoms. The van der Waals surface area contributed by atoms with Crippen molar-refractivity contribution in [2.75, 3.05) is 24.7 Å². The summed E-state index contributed by atoms with van der Waals surface area (Å²) in [5.74, 6) is -2.53. The van der Waals surface area contributed by atoms with E-state index < -0.39 is 27.6 Å². The molecule has 0 aliphatic carbocycles. The first-order chi connectivity index (χ1) is 9.74. The van der Waals surface area contributed by atoms with Crippen LogP contribution in [-0.4, -0.2) is 38.0 Å². The molecular formula is C13H18F2N2O3S. The molecule has 0 saturated carbocycles. The van der Waals surface area contributed by atoms with Crippen LogP contribution in [0.15, 0.2) is 18.2 Å². The van der Waals surface area contributed by atoms with E-state index in [-0.39, 0.29) is 18.7 Å². The molecule has 0 radical (unpaired) electrons. The number of carbonyl (C=O) groups is 1. The van der Waals surface area contributed by atoms with Crippen LogP contribution in [0.5, 0.6) is 0 Å². The summed E-state index contributed by atoms with van der Waals surface area (Å²) in [4.78, 5) is 11.7. The van der Waals surface area contributed by atoms with E-state index in [1.54, 1.807) is 0 Å². The molecule has 21 heavy (non-hydrogen) atoms. The van der Waals surface area contributed by atoms with Crippen LogP contribution in [0.2, 0.25) is 0 Å². The molecule has 0 spiro atoms. The van der Waals surface area contributed by atoms with Gasteiger partial charge in [0.1, 0.15) is 0 Å². The number of hydrogen-bond donors (Lipinski definition) is 1. The van der Waals surface area contributed by atoms with Crippen LogP contribution in [-0.2, 0) is 14.8 Å². The van der Waals surface area contributed by atoms with Gasteiger partial charge in [0, 0.05) is 31.3 Å². The number of benzene rings is 1. The average Bonchev–Trinajstić information content (AvgIpc) is 2.37. The maximum absolute atomic E-state index is 13.0. The number of rotatable bonds is 7. The Bertz CT molecular complexity index is 605. The molecule has 0 fully saturated rings. The van der Waals surface area contributed by atoms with Crippen LogP contribution >= 0.6 is 0 Å². The van der Waals surface area contributed by atoms with E-state index in [2.05, 4.69) is 5.32 Å². The van der Waals surface area contributed by atoms with Crippen molar-refractivity contribution in [3.8, 4) is 0 Å². The van der Waals surface area contributed by atoms with Crippen molar-refractivity contribution in [1.82, 2.24) is 4.31 Å². The number of amides is 1. The van der Waals surface area contributed by atoms with Gasteiger partial charge in [-0.2, -0.15) is 0 Å². The number of hydrogen-bond acceptors (Lipinski definition) is 3. The Morgan fingerprint density at radius 3 is 2.43 bits per heavy atom. The lowest BCUT2D eigenvalue weighted by Crippen LogP contribution is -2.33. The average molecular weight is 320 g/mol. The number of nitrogens with one attached hydrogen (secondary N) is 1. The summed E-state index contributed by atoms with van der Waals surface area (Å²) >= 11 is 0. The molecule has 0 aromatic heterocycles. The topological polar surface area (TPSA) is 66.5 Å². The maximum Gasteiger partial charge on any atom is 0.225 e. The summed E-state index contributed by atoms with van der Waals surface area (Å²) in [6, 6.07) is 3.01. The lowest BCUT2D eigenvalue weighted by Gasteiger charge is -2.18. The zero-order valence-corrected chi connectivity index (χ0v) is 12.7. The van der Waals surface area contributed by atoms with Crippen molar-refractivity contribution in [1.29, 1.82) is 0 Å². The number of nitrogens with zero attached hydrogens (tertiary/aromatic N) is 1. The number of halogens is 2. The Balaban J connectivity index is 2.58. The standard InChI is InChI=1S/C13H18F2N2O3S/c1-3-7-17(21(2,19)20)8-6-13(18)16-10-4-5-11(14)12(15)9-10/h4-5,9H,3,6-8H2,1-2H3,(H,16,18). The smallest absolute Gasteiger partial charge is 0.225 e. The second kappa shape index (κ2) is 7.46. The van der Waals surface area contributed by atoms with Gasteiger partial charge in [0.05, 0.1) is 6.26 Å². The second-order valence-corrected chi connectivity index (χ2v) is 6.57. The minimum atomic E-state index is -3.36. The molecule has 5 nitrogen and oxygen atoms in total. The van der Waals surface area contributed by atoms with E-state index in [1.807, 2.05) is 6.92 Å². The van der Waals surface area contributed by atoms with Crippen molar-refractivity contribution in [2.24, 2.45) is 0 Å². The third kappa shape index (κ3) is 5.76. The van der Waals surface area contributed by atoms with Gasteiger partial charge in [0.25, 0.3) is 0 Å². The zero-order chi connectivity index (χ0) is 16.0. The molecule has 118 valence electrons. The molecule has 0 atom stereocenters. The molecule has 1 rings (SSSR count).